The number of hydrogen-bond donors (Lipinski definition) is 1. The lowest BCUT2D eigenvalue weighted by Gasteiger charge is -2.23. The van der Waals surface area contributed by atoms with Crippen LogP contribution < -0.4 is 10.1 Å². The minimum atomic E-state index is -4.43. The van der Waals surface area contributed by atoms with Crippen LogP contribution in [0.3, 0.4) is 0 Å². The van der Waals surface area contributed by atoms with Gasteiger partial charge in [0, 0.05) is 6.04 Å². The average molecular weight is 349 g/mol. The molecule has 2 nitrogen and oxygen atoms in total. The first kappa shape index (κ1) is 17.8. The van der Waals surface area contributed by atoms with Gasteiger partial charge >= 0.3 is 6.18 Å². The van der Waals surface area contributed by atoms with Crippen molar-refractivity contribution in [2.45, 2.75) is 44.3 Å². The normalized spacial score (nSPS) is 18.1. The molecular weight excluding hydrogens is 327 g/mol. The number of ether oxygens (including phenoxy) is 1. The molecule has 1 N–H and O–H groups in total. The highest BCUT2D eigenvalue weighted by atomic mass is 19.4. The maximum atomic E-state index is 13.2. The summed E-state index contributed by atoms with van der Waals surface area (Å²) in [4.78, 5) is 0. The number of halogens is 3. The van der Waals surface area contributed by atoms with E-state index in [4.69, 9.17) is 4.74 Å². The molecular formula is C20H22F3NO. The fraction of sp³-hybridized carbons (Fsp3) is 0.400. The number of nitrogens with one attached hydrogen (secondary N) is 1. The van der Waals surface area contributed by atoms with E-state index in [2.05, 4.69) is 5.32 Å². The molecule has 3 rings (SSSR count). The summed E-state index contributed by atoms with van der Waals surface area (Å²) < 4.78 is 45.1. The maximum absolute atomic E-state index is 13.2. The summed E-state index contributed by atoms with van der Waals surface area (Å²) >= 11 is 0. The van der Waals surface area contributed by atoms with E-state index in [1.807, 2.05) is 12.1 Å². The molecule has 5 heteroatoms. The molecule has 1 heterocycles. The third kappa shape index (κ3) is 4.75. The number of rotatable bonds is 5. The molecule has 1 atom stereocenters. The van der Waals surface area contributed by atoms with E-state index in [1.165, 1.54) is 25.0 Å². The minimum absolute atomic E-state index is 0.154. The highest BCUT2D eigenvalue weighted by molar-refractivity contribution is 5.42. The number of para-hydroxylation sites is 2. The Labute approximate surface area is 146 Å². The molecule has 0 aromatic heterocycles. The lowest BCUT2D eigenvalue weighted by atomic mass is 9.97. The molecule has 2 aromatic carbocycles. The average Bonchev–Trinajstić information content (AvgIpc) is 2.61. The van der Waals surface area contributed by atoms with Gasteiger partial charge in [0.05, 0.1) is 5.56 Å². The topological polar surface area (TPSA) is 21.3 Å². The molecule has 0 bridgehead atoms. The van der Waals surface area contributed by atoms with Crippen molar-refractivity contribution in [1.82, 2.24) is 5.32 Å². The number of hydrogen-bond acceptors (Lipinski definition) is 2. The van der Waals surface area contributed by atoms with Gasteiger partial charge in [-0.25, -0.2) is 0 Å². The second-order valence-corrected chi connectivity index (χ2v) is 6.39. The van der Waals surface area contributed by atoms with Crippen molar-refractivity contribution in [3.05, 3.63) is 59.7 Å². The molecule has 0 aliphatic carbocycles. The van der Waals surface area contributed by atoms with E-state index in [-0.39, 0.29) is 5.75 Å². The predicted molar refractivity (Wildman–Crippen MR) is 91.9 cm³/mol. The number of aryl methyl sites for hydroxylation is 1. The van der Waals surface area contributed by atoms with Crippen molar-refractivity contribution in [3.8, 4) is 11.5 Å². The van der Waals surface area contributed by atoms with Crippen LogP contribution in [0.15, 0.2) is 48.5 Å². The second-order valence-electron chi connectivity index (χ2n) is 6.39. The van der Waals surface area contributed by atoms with Crippen molar-refractivity contribution in [3.63, 3.8) is 0 Å². The lowest BCUT2D eigenvalue weighted by Crippen LogP contribution is -2.34. The molecule has 2 aromatic rings. The van der Waals surface area contributed by atoms with Gasteiger partial charge in [0.2, 0.25) is 0 Å². The fourth-order valence-electron chi connectivity index (χ4n) is 3.22. The fourth-order valence-corrected chi connectivity index (χ4v) is 3.22. The van der Waals surface area contributed by atoms with Gasteiger partial charge in [-0.1, -0.05) is 36.8 Å². The van der Waals surface area contributed by atoms with Gasteiger partial charge in [0.25, 0.3) is 0 Å². The van der Waals surface area contributed by atoms with Crippen molar-refractivity contribution >= 4 is 0 Å². The SMILES string of the molecule is FC(F)(F)c1ccccc1Oc1ccccc1CCC1CCCCN1. The van der Waals surface area contributed by atoms with Crippen LogP contribution in [0.4, 0.5) is 13.2 Å². The van der Waals surface area contributed by atoms with Crippen LogP contribution in [0, 0.1) is 0 Å². The van der Waals surface area contributed by atoms with Gasteiger partial charge in [0.15, 0.2) is 0 Å². The Morgan fingerprint density at radius 1 is 0.960 bits per heavy atom. The van der Waals surface area contributed by atoms with Crippen molar-refractivity contribution in [2.24, 2.45) is 0 Å². The molecule has 0 spiro atoms. The molecule has 1 fully saturated rings. The summed E-state index contributed by atoms with van der Waals surface area (Å²) in [6.07, 6.45) is 0.903. The van der Waals surface area contributed by atoms with Gasteiger partial charge in [-0.3, -0.25) is 0 Å². The molecule has 25 heavy (non-hydrogen) atoms. The summed E-state index contributed by atoms with van der Waals surface area (Å²) in [5.74, 6) is 0.341. The molecule has 0 saturated carbocycles. The zero-order chi connectivity index (χ0) is 17.7. The quantitative estimate of drug-likeness (QED) is 0.762. The van der Waals surface area contributed by atoms with Gasteiger partial charge in [-0.05, 0) is 56.0 Å². The van der Waals surface area contributed by atoms with E-state index in [0.29, 0.717) is 11.8 Å². The zero-order valence-corrected chi connectivity index (χ0v) is 14.0. The van der Waals surface area contributed by atoms with Crippen molar-refractivity contribution < 1.29 is 17.9 Å². The Bertz CT molecular complexity index is 693. The molecule has 1 saturated heterocycles. The Balaban J connectivity index is 1.75. The van der Waals surface area contributed by atoms with Crippen molar-refractivity contribution in [2.75, 3.05) is 6.54 Å². The minimum Gasteiger partial charge on any atom is -0.456 e. The Kier molecular flexibility index (Phi) is 5.63. The first-order valence-electron chi connectivity index (χ1n) is 8.69. The molecule has 1 aliphatic heterocycles. The summed E-state index contributed by atoms with van der Waals surface area (Å²) in [7, 11) is 0. The van der Waals surface area contributed by atoms with Gasteiger partial charge in [-0.15, -0.1) is 0 Å². The third-order valence-corrected chi connectivity index (χ3v) is 4.56. The Hall–Kier alpha value is -2.01. The van der Waals surface area contributed by atoms with E-state index in [9.17, 15) is 13.2 Å². The highest BCUT2D eigenvalue weighted by Crippen LogP contribution is 2.38. The van der Waals surface area contributed by atoms with E-state index in [0.717, 1.165) is 37.4 Å². The number of alkyl halides is 3. The molecule has 1 unspecified atom stereocenters. The smallest absolute Gasteiger partial charge is 0.419 e. The zero-order valence-electron chi connectivity index (χ0n) is 14.0. The van der Waals surface area contributed by atoms with Crippen LogP contribution >= 0.6 is 0 Å². The summed E-state index contributed by atoms with van der Waals surface area (Å²) in [5, 5.41) is 3.50. The first-order chi connectivity index (χ1) is 12.0. The highest BCUT2D eigenvalue weighted by Gasteiger charge is 2.34. The van der Waals surface area contributed by atoms with Crippen molar-refractivity contribution in [1.29, 1.82) is 0 Å². The van der Waals surface area contributed by atoms with Crippen LogP contribution in [0.5, 0.6) is 11.5 Å². The third-order valence-electron chi connectivity index (χ3n) is 4.56. The number of piperidine rings is 1. The monoisotopic (exact) mass is 349 g/mol. The summed E-state index contributed by atoms with van der Waals surface area (Å²) in [6, 6.07) is 13.1. The van der Waals surface area contributed by atoms with E-state index in [1.54, 1.807) is 18.2 Å². The molecule has 0 amide bonds. The predicted octanol–water partition coefficient (Wildman–Crippen LogP) is 5.57. The van der Waals surface area contributed by atoms with E-state index >= 15 is 0 Å². The maximum Gasteiger partial charge on any atom is 0.419 e. The summed E-state index contributed by atoms with van der Waals surface area (Å²) in [5.41, 5.74) is 0.186. The first-order valence-corrected chi connectivity index (χ1v) is 8.69. The van der Waals surface area contributed by atoms with E-state index < -0.39 is 11.7 Å². The molecule has 0 radical (unpaired) electrons. The van der Waals surface area contributed by atoms with Crippen LogP contribution in [-0.4, -0.2) is 12.6 Å². The standard InChI is InChI=1S/C20H22F3NO/c21-20(22,23)17-9-2-4-11-19(17)25-18-10-3-1-7-15(18)12-13-16-8-5-6-14-24-16/h1-4,7,9-11,16,24H,5-6,8,12-14H2. The number of benzene rings is 2. The largest absolute Gasteiger partial charge is 0.456 e. The van der Waals surface area contributed by atoms with Gasteiger partial charge < -0.3 is 10.1 Å². The van der Waals surface area contributed by atoms with Crippen LogP contribution in [0.25, 0.3) is 0 Å². The lowest BCUT2D eigenvalue weighted by molar-refractivity contribution is -0.138. The van der Waals surface area contributed by atoms with Crippen LogP contribution in [-0.2, 0) is 12.6 Å². The Morgan fingerprint density at radius 3 is 2.40 bits per heavy atom. The molecule has 134 valence electrons. The van der Waals surface area contributed by atoms with Crippen LogP contribution in [0.2, 0.25) is 0 Å². The van der Waals surface area contributed by atoms with Gasteiger partial charge in [-0.2, -0.15) is 13.2 Å². The second kappa shape index (κ2) is 7.91. The van der Waals surface area contributed by atoms with Gasteiger partial charge in [0.1, 0.15) is 11.5 Å². The Morgan fingerprint density at radius 2 is 1.68 bits per heavy atom. The molecule has 1 aliphatic rings. The summed E-state index contributed by atoms with van der Waals surface area (Å²) in [6.45, 7) is 1.04. The van der Waals surface area contributed by atoms with Crippen LogP contribution in [0.1, 0.15) is 36.8 Å².